The molecule has 0 bridgehead atoms. The predicted molar refractivity (Wildman–Crippen MR) is 75.7 cm³/mol. The third kappa shape index (κ3) is 3.04. The van der Waals surface area contributed by atoms with Crippen LogP contribution in [0.4, 0.5) is 13.2 Å². The van der Waals surface area contributed by atoms with Gasteiger partial charge in [-0.1, -0.05) is 18.2 Å². The van der Waals surface area contributed by atoms with Gasteiger partial charge in [-0.2, -0.15) is 13.2 Å². The number of hydrogen-bond acceptors (Lipinski definition) is 4. The van der Waals surface area contributed by atoms with Crippen LogP contribution in [0.1, 0.15) is 15.4 Å². The van der Waals surface area contributed by atoms with E-state index in [0.717, 1.165) is 17.1 Å². The molecule has 2 aromatic heterocycles. The Bertz CT molecular complexity index is 819. The normalized spacial score (nSPS) is 12.0. The summed E-state index contributed by atoms with van der Waals surface area (Å²) in [6.07, 6.45) is -2.15. The summed E-state index contributed by atoms with van der Waals surface area (Å²) >= 11 is 0.504. The van der Waals surface area contributed by atoms with Gasteiger partial charge in [-0.05, 0) is 6.07 Å². The molecular weight excluding hydrogens is 315 g/mol. The fraction of sp³-hybridized carbons (Fsp3) is 0.200. The van der Waals surface area contributed by atoms with Gasteiger partial charge in [-0.15, -0.1) is 11.3 Å². The number of hydrogen-bond donors (Lipinski definition) is 0. The van der Waals surface area contributed by atoms with Crippen LogP contribution in [-0.4, -0.2) is 10.8 Å². The first kappa shape index (κ1) is 14.8. The van der Waals surface area contributed by atoms with Gasteiger partial charge in [0.05, 0.1) is 18.9 Å². The number of carbonyl (C=O) groups is 1. The van der Waals surface area contributed by atoms with Crippen molar-refractivity contribution >= 4 is 28.1 Å². The smallest absolute Gasteiger partial charge is 0.427 e. The Morgan fingerprint density at radius 3 is 2.73 bits per heavy atom. The molecule has 114 valence electrons. The summed E-state index contributed by atoms with van der Waals surface area (Å²) in [5, 5.41) is 1.01. The molecule has 0 saturated carbocycles. The van der Waals surface area contributed by atoms with E-state index < -0.39 is 11.1 Å². The number of aromatic nitrogens is 1. The lowest BCUT2D eigenvalue weighted by atomic mass is 10.1. The maximum absolute atomic E-state index is 12.5. The maximum Gasteiger partial charge on any atom is 0.427 e. The number of ketones is 1. The lowest BCUT2D eigenvalue weighted by molar-refractivity contribution is -0.134. The van der Waals surface area contributed by atoms with Crippen LogP contribution < -0.4 is 0 Å². The second kappa shape index (κ2) is 5.57. The van der Waals surface area contributed by atoms with Gasteiger partial charge in [0.25, 0.3) is 0 Å². The predicted octanol–water partition coefficient (Wildman–Crippen LogP) is 4.26. The number of benzene rings is 1. The number of para-hydroxylation sites is 1. The summed E-state index contributed by atoms with van der Waals surface area (Å²) in [4.78, 5) is 14.9. The van der Waals surface area contributed by atoms with Gasteiger partial charge in [0, 0.05) is 17.4 Å². The molecule has 0 amide bonds. The molecule has 0 aliphatic heterocycles. The van der Waals surface area contributed by atoms with Gasteiger partial charge < -0.3 is 4.42 Å². The van der Waals surface area contributed by atoms with Crippen LogP contribution >= 0.6 is 11.3 Å². The van der Waals surface area contributed by atoms with Crippen molar-refractivity contribution in [1.29, 1.82) is 0 Å². The fourth-order valence-corrected chi connectivity index (χ4v) is 2.95. The minimum Gasteiger partial charge on any atom is -0.464 e. The topological polar surface area (TPSA) is 43.1 Å². The fourth-order valence-electron chi connectivity index (χ4n) is 2.14. The van der Waals surface area contributed by atoms with E-state index in [1.54, 1.807) is 6.07 Å². The minimum absolute atomic E-state index is 0.109. The van der Waals surface area contributed by atoms with Gasteiger partial charge in [-0.3, -0.25) is 4.79 Å². The van der Waals surface area contributed by atoms with Crippen molar-refractivity contribution in [1.82, 2.24) is 4.98 Å². The third-order valence-corrected chi connectivity index (χ3v) is 4.17. The standard InChI is InChI=1S/C15H10F3NO2S/c16-15(17,18)13-7-19-14(22-13)6-10(20)5-9-8-21-12-4-2-1-3-11(9)12/h1-4,7-8H,5-6H2. The zero-order valence-electron chi connectivity index (χ0n) is 11.2. The number of rotatable bonds is 4. The summed E-state index contributed by atoms with van der Waals surface area (Å²) in [5.41, 5.74) is 1.41. The first-order chi connectivity index (χ1) is 10.4. The zero-order valence-corrected chi connectivity index (χ0v) is 12.0. The van der Waals surface area contributed by atoms with E-state index in [1.807, 2.05) is 18.2 Å². The largest absolute Gasteiger partial charge is 0.464 e. The monoisotopic (exact) mass is 325 g/mol. The molecule has 0 N–H and O–H groups in total. The van der Waals surface area contributed by atoms with Crippen LogP contribution in [0.25, 0.3) is 11.0 Å². The van der Waals surface area contributed by atoms with Gasteiger partial charge in [0.15, 0.2) is 0 Å². The minimum atomic E-state index is -4.42. The summed E-state index contributed by atoms with van der Waals surface area (Å²) in [6, 6.07) is 7.29. The van der Waals surface area contributed by atoms with Crippen molar-refractivity contribution in [2.75, 3.05) is 0 Å². The van der Waals surface area contributed by atoms with Crippen molar-refractivity contribution in [3.8, 4) is 0 Å². The first-order valence-corrected chi connectivity index (χ1v) is 7.24. The molecule has 3 aromatic rings. The Morgan fingerprint density at radius 2 is 2.00 bits per heavy atom. The molecule has 2 heterocycles. The Morgan fingerprint density at radius 1 is 1.23 bits per heavy atom. The average Bonchev–Trinajstić information content (AvgIpc) is 3.06. The van der Waals surface area contributed by atoms with Gasteiger partial charge in [0.1, 0.15) is 21.3 Å². The summed E-state index contributed by atoms with van der Waals surface area (Å²) in [7, 11) is 0. The first-order valence-electron chi connectivity index (χ1n) is 6.42. The third-order valence-electron chi connectivity index (χ3n) is 3.13. The van der Waals surface area contributed by atoms with E-state index >= 15 is 0 Å². The highest BCUT2D eigenvalue weighted by molar-refractivity contribution is 7.11. The highest BCUT2D eigenvalue weighted by Gasteiger charge is 2.33. The zero-order chi connectivity index (χ0) is 15.7. The van der Waals surface area contributed by atoms with Crippen molar-refractivity contribution < 1.29 is 22.4 Å². The van der Waals surface area contributed by atoms with Crippen LogP contribution in [0, 0.1) is 0 Å². The highest BCUT2D eigenvalue weighted by atomic mass is 32.1. The number of fused-ring (bicyclic) bond motifs is 1. The molecule has 0 atom stereocenters. The molecule has 0 unspecified atom stereocenters. The number of alkyl halides is 3. The molecule has 7 heteroatoms. The quantitative estimate of drug-likeness (QED) is 0.720. The Kier molecular flexibility index (Phi) is 3.74. The van der Waals surface area contributed by atoms with E-state index in [1.165, 1.54) is 6.26 Å². The van der Waals surface area contributed by atoms with Gasteiger partial charge in [-0.25, -0.2) is 4.98 Å². The van der Waals surface area contributed by atoms with E-state index in [2.05, 4.69) is 4.98 Å². The molecule has 3 rings (SSSR count). The van der Waals surface area contributed by atoms with Crippen LogP contribution in [-0.2, 0) is 23.8 Å². The highest BCUT2D eigenvalue weighted by Crippen LogP contribution is 2.33. The molecule has 0 spiro atoms. The van der Waals surface area contributed by atoms with Gasteiger partial charge in [0.2, 0.25) is 0 Å². The number of nitrogens with zero attached hydrogens (tertiary/aromatic N) is 1. The van der Waals surface area contributed by atoms with Crippen molar-refractivity contribution in [3.05, 3.63) is 52.2 Å². The van der Waals surface area contributed by atoms with Gasteiger partial charge >= 0.3 is 6.18 Å². The molecule has 0 saturated heterocycles. The van der Waals surface area contributed by atoms with Crippen molar-refractivity contribution in [2.45, 2.75) is 19.0 Å². The molecular formula is C15H10F3NO2S. The average molecular weight is 325 g/mol. The summed E-state index contributed by atoms with van der Waals surface area (Å²) in [6.45, 7) is 0. The molecule has 0 fully saturated rings. The van der Waals surface area contributed by atoms with E-state index in [4.69, 9.17) is 4.42 Å². The van der Waals surface area contributed by atoms with Crippen molar-refractivity contribution in [3.63, 3.8) is 0 Å². The van der Waals surface area contributed by atoms with E-state index in [0.29, 0.717) is 16.9 Å². The number of Topliss-reactive ketones (excluding diaryl/α,β-unsaturated/α-hetero) is 1. The lowest BCUT2D eigenvalue weighted by Crippen LogP contribution is -2.05. The van der Waals surface area contributed by atoms with Crippen LogP contribution in [0.5, 0.6) is 0 Å². The number of halogens is 3. The Labute approximate surface area is 127 Å². The van der Waals surface area contributed by atoms with Crippen LogP contribution in [0.3, 0.4) is 0 Å². The van der Waals surface area contributed by atoms with E-state index in [-0.39, 0.29) is 23.6 Å². The second-order valence-electron chi connectivity index (χ2n) is 4.77. The molecule has 22 heavy (non-hydrogen) atoms. The van der Waals surface area contributed by atoms with Crippen LogP contribution in [0.15, 0.2) is 41.1 Å². The van der Waals surface area contributed by atoms with Crippen molar-refractivity contribution in [2.24, 2.45) is 0 Å². The SMILES string of the molecule is O=C(Cc1ncc(C(F)(F)F)s1)Cc1coc2ccccc12. The maximum atomic E-state index is 12.5. The van der Waals surface area contributed by atoms with Crippen LogP contribution in [0.2, 0.25) is 0 Å². The molecule has 1 aromatic carbocycles. The molecule has 0 aliphatic rings. The summed E-state index contributed by atoms with van der Waals surface area (Å²) < 4.78 is 42.8. The Balaban J connectivity index is 1.71. The molecule has 3 nitrogen and oxygen atoms in total. The molecule has 0 aliphatic carbocycles. The second-order valence-corrected chi connectivity index (χ2v) is 5.88. The lowest BCUT2D eigenvalue weighted by Gasteiger charge is -2.00. The summed E-state index contributed by atoms with van der Waals surface area (Å²) in [5.74, 6) is -0.199. The number of carbonyl (C=O) groups excluding carboxylic acids is 1. The number of thiazole rings is 1. The molecule has 0 radical (unpaired) electrons. The Hall–Kier alpha value is -2.15. The van der Waals surface area contributed by atoms with E-state index in [9.17, 15) is 18.0 Å². The number of furan rings is 1.